The lowest BCUT2D eigenvalue weighted by Crippen LogP contribution is -2.40. The number of nitrogens with one attached hydrogen (secondary N) is 2. The summed E-state index contributed by atoms with van der Waals surface area (Å²) in [5.41, 5.74) is 1.34. The molecule has 2 aromatic rings. The second-order valence-corrected chi connectivity index (χ2v) is 9.27. The SMILES string of the molecule is CCNC(=NCC1CCCN(C)C1c1ccc(OC)cc1)NCCc1ncc(CC)s1. The van der Waals surface area contributed by atoms with Crippen LogP contribution in [0.3, 0.4) is 0 Å². The molecule has 2 N–H and O–H groups in total. The molecule has 31 heavy (non-hydrogen) atoms. The summed E-state index contributed by atoms with van der Waals surface area (Å²) in [6.07, 6.45) is 6.40. The number of guanidine groups is 1. The number of rotatable bonds is 9. The zero-order valence-corrected chi connectivity index (χ0v) is 20.2. The molecule has 170 valence electrons. The van der Waals surface area contributed by atoms with E-state index in [4.69, 9.17) is 9.73 Å². The van der Waals surface area contributed by atoms with Gasteiger partial charge in [-0.3, -0.25) is 9.89 Å². The van der Waals surface area contributed by atoms with Crippen LogP contribution in [-0.2, 0) is 12.8 Å². The first-order valence-electron chi connectivity index (χ1n) is 11.4. The van der Waals surface area contributed by atoms with E-state index in [1.807, 2.05) is 17.5 Å². The molecule has 2 heterocycles. The minimum Gasteiger partial charge on any atom is -0.497 e. The van der Waals surface area contributed by atoms with E-state index in [9.17, 15) is 0 Å². The van der Waals surface area contributed by atoms with E-state index in [0.717, 1.165) is 50.7 Å². The number of aliphatic imine (C=N–C) groups is 1. The highest BCUT2D eigenvalue weighted by Gasteiger charge is 2.30. The van der Waals surface area contributed by atoms with Gasteiger partial charge < -0.3 is 15.4 Å². The minimum atomic E-state index is 0.383. The Bertz CT molecular complexity index is 820. The molecule has 0 bridgehead atoms. The van der Waals surface area contributed by atoms with Crippen molar-refractivity contribution in [3.63, 3.8) is 0 Å². The second kappa shape index (κ2) is 12.1. The number of aromatic nitrogens is 1. The van der Waals surface area contributed by atoms with Crippen LogP contribution in [0.15, 0.2) is 35.5 Å². The molecular formula is C24H37N5OS. The van der Waals surface area contributed by atoms with Crippen molar-refractivity contribution >= 4 is 17.3 Å². The highest BCUT2D eigenvalue weighted by molar-refractivity contribution is 7.11. The molecular weight excluding hydrogens is 406 g/mol. The van der Waals surface area contributed by atoms with Crippen molar-refractivity contribution in [1.29, 1.82) is 0 Å². The minimum absolute atomic E-state index is 0.383. The molecule has 1 aromatic carbocycles. The molecule has 2 unspecified atom stereocenters. The van der Waals surface area contributed by atoms with Crippen LogP contribution in [0.2, 0.25) is 0 Å². The van der Waals surface area contributed by atoms with Crippen LogP contribution in [0, 0.1) is 5.92 Å². The monoisotopic (exact) mass is 443 g/mol. The molecule has 2 atom stereocenters. The largest absolute Gasteiger partial charge is 0.497 e. The Morgan fingerprint density at radius 3 is 2.74 bits per heavy atom. The summed E-state index contributed by atoms with van der Waals surface area (Å²) in [5, 5.41) is 8.08. The summed E-state index contributed by atoms with van der Waals surface area (Å²) in [6, 6.07) is 8.90. The number of ether oxygens (including phenoxy) is 1. The number of piperidine rings is 1. The lowest BCUT2D eigenvalue weighted by atomic mass is 9.85. The maximum atomic E-state index is 5.34. The summed E-state index contributed by atoms with van der Waals surface area (Å²) in [6.45, 7) is 7.92. The van der Waals surface area contributed by atoms with Crippen LogP contribution < -0.4 is 15.4 Å². The normalized spacial score (nSPS) is 19.9. The van der Waals surface area contributed by atoms with Gasteiger partial charge in [0.2, 0.25) is 0 Å². The quantitative estimate of drug-likeness (QED) is 0.455. The maximum absolute atomic E-state index is 5.34. The van der Waals surface area contributed by atoms with Crippen molar-refractivity contribution in [2.75, 3.05) is 40.3 Å². The topological polar surface area (TPSA) is 61.8 Å². The van der Waals surface area contributed by atoms with E-state index >= 15 is 0 Å². The molecule has 6 nitrogen and oxygen atoms in total. The summed E-state index contributed by atoms with van der Waals surface area (Å²) in [5.74, 6) is 2.30. The van der Waals surface area contributed by atoms with Crippen LogP contribution in [0.25, 0.3) is 0 Å². The van der Waals surface area contributed by atoms with Gasteiger partial charge in [-0.05, 0) is 63.4 Å². The zero-order valence-electron chi connectivity index (χ0n) is 19.4. The molecule has 1 aliphatic heterocycles. The molecule has 3 rings (SSSR count). The third kappa shape index (κ3) is 6.68. The number of hydrogen-bond donors (Lipinski definition) is 2. The van der Waals surface area contributed by atoms with Gasteiger partial charge in [-0.1, -0.05) is 19.1 Å². The molecule has 1 aliphatic rings. The third-order valence-corrected chi connectivity index (χ3v) is 7.08. The number of benzene rings is 1. The van der Waals surface area contributed by atoms with Crippen LogP contribution in [0.4, 0.5) is 0 Å². The highest BCUT2D eigenvalue weighted by Crippen LogP contribution is 2.35. The van der Waals surface area contributed by atoms with E-state index in [0.29, 0.717) is 12.0 Å². The van der Waals surface area contributed by atoms with Gasteiger partial charge in [-0.15, -0.1) is 11.3 Å². The van der Waals surface area contributed by atoms with Gasteiger partial charge in [-0.2, -0.15) is 0 Å². The van der Waals surface area contributed by atoms with Crippen LogP contribution >= 0.6 is 11.3 Å². The van der Waals surface area contributed by atoms with Gasteiger partial charge >= 0.3 is 0 Å². The van der Waals surface area contributed by atoms with Gasteiger partial charge in [0.1, 0.15) is 5.75 Å². The van der Waals surface area contributed by atoms with Crippen molar-refractivity contribution in [2.24, 2.45) is 10.9 Å². The Kier molecular flexibility index (Phi) is 9.15. The number of aryl methyl sites for hydroxylation is 1. The summed E-state index contributed by atoms with van der Waals surface area (Å²) >= 11 is 1.81. The van der Waals surface area contributed by atoms with Gasteiger partial charge in [-0.25, -0.2) is 4.98 Å². The van der Waals surface area contributed by atoms with Crippen LogP contribution in [0.5, 0.6) is 5.75 Å². The lowest BCUT2D eigenvalue weighted by Gasteiger charge is -2.39. The fourth-order valence-corrected chi connectivity index (χ4v) is 5.11. The van der Waals surface area contributed by atoms with E-state index < -0.39 is 0 Å². The van der Waals surface area contributed by atoms with Crippen LogP contribution in [-0.4, -0.2) is 56.2 Å². The molecule has 1 fully saturated rings. The van der Waals surface area contributed by atoms with Crippen molar-refractivity contribution in [3.8, 4) is 5.75 Å². The number of methoxy groups -OCH3 is 1. The number of likely N-dealkylation sites (tertiary alicyclic amines) is 1. The molecule has 0 radical (unpaired) electrons. The van der Waals surface area contributed by atoms with Gasteiger partial charge in [0, 0.05) is 43.2 Å². The van der Waals surface area contributed by atoms with Crippen LogP contribution in [0.1, 0.15) is 48.2 Å². The van der Waals surface area contributed by atoms with Crippen molar-refractivity contribution in [2.45, 2.75) is 45.6 Å². The first-order chi connectivity index (χ1) is 15.1. The number of hydrogen-bond acceptors (Lipinski definition) is 5. The molecule has 1 saturated heterocycles. The lowest BCUT2D eigenvalue weighted by molar-refractivity contribution is 0.125. The predicted octanol–water partition coefficient (Wildman–Crippen LogP) is 3.89. The average Bonchev–Trinajstić information content (AvgIpc) is 3.25. The number of nitrogens with zero attached hydrogens (tertiary/aromatic N) is 3. The molecule has 7 heteroatoms. The molecule has 0 aliphatic carbocycles. The van der Waals surface area contributed by atoms with E-state index in [-0.39, 0.29) is 0 Å². The Morgan fingerprint density at radius 1 is 1.26 bits per heavy atom. The molecule has 0 saturated carbocycles. The Hall–Kier alpha value is -2.12. The smallest absolute Gasteiger partial charge is 0.191 e. The summed E-state index contributed by atoms with van der Waals surface area (Å²) < 4.78 is 5.34. The van der Waals surface area contributed by atoms with Gasteiger partial charge in [0.15, 0.2) is 5.96 Å². The van der Waals surface area contributed by atoms with E-state index in [1.54, 1.807) is 7.11 Å². The molecule has 1 aromatic heterocycles. The Morgan fingerprint density at radius 2 is 2.06 bits per heavy atom. The predicted molar refractivity (Wildman–Crippen MR) is 130 cm³/mol. The first-order valence-corrected chi connectivity index (χ1v) is 12.3. The summed E-state index contributed by atoms with van der Waals surface area (Å²) in [7, 11) is 3.94. The standard InChI is InChI=1S/C24H37N5OS/c1-5-21-17-27-22(31-21)13-14-26-24(25-6-2)28-16-19-8-7-15-29(3)23(19)18-9-11-20(30-4)12-10-18/h9-12,17,19,23H,5-8,13-16H2,1-4H3,(H2,25,26,28). The van der Waals surface area contributed by atoms with Crippen molar-refractivity contribution in [3.05, 3.63) is 45.9 Å². The molecule has 0 spiro atoms. The van der Waals surface area contributed by atoms with Crippen molar-refractivity contribution < 1.29 is 4.74 Å². The molecule has 0 amide bonds. The second-order valence-electron chi connectivity index (χ2n) is 8.07. The number of thiazole rings is 1. The first kappa shape index (κ1) is 23.5. The Balaban J connectivity index is 1.62. The fraction of sp³-hybridized carbons (Fsp3) is 0.583. The maximum Gasteiger partial charge on any atom is 0.191 e. The summed E-state index contributed by atoms with van der Waals surface area (Å²) in [4.78, 5) is 13.3. The highest BCUT2D eigenvalue weighted by atomic mass is 32.1. The average molecular weight is 444 g/mol. The Labute approximate surface area is 191 Å². The van der Waals surface area contributed by atoms with E-state index in [2.05, 4.69) is 65.7 Å². The van der Waals surface area contributed by atoms with Gasteiger partial charge in [0.05, 0.1) is 12.1 Å². The zero-order chi connectivity index (χ0) is 22.1. The van der Waals surface area contributed by atoms with E-state index in [1.165, 1.54) is 28.3 Å². The van der Waals surface area contributed by atoms with Gasteiger partial charge in [0.25, 0.3) is 0 Å². The fourth-order valence-electron chi connectivity index (χ4n) is 4.24. The van der Waals surface area contributed by atoms with Crippen molar-refractivity contribution in [1.82, 2.24) is 20.5 Å². The third-order valence-electron chi connectivity index (χ3n) is 5.87.